The van der Waals surface area contributed by atoms with Crippen LogP contribution in [0.3, 0.4) is 0 Å². The smallest absolute Gasteiger partial charge is 0.341 e. The molecule has 1 N–H and O–H groups in total. The first kappa shape index (κ1) is 22.4. The first-order chi connectivity index (χ1) is 15.4. The lowest BCUT2D eigenvalue weighted by Crippen LogP contribution is -2.40. The number of fused-ring (bicyclic) bond motifs is 1. The van der Waals surface area contributed by atoms with Crippen LogP contribution in [0.25, 0.3) is 0 Å². The Labute approximate surface area is 187 Å². The highest BCUT2D eigenvalue weighted by Gasteiger charge is 2.39. The van der Waals surface area contributed by atoms with Crippen molar-refractivity contribution in [1.29, 1.82) is 0 Å². The van der Waals surface area contributed by atoms with Crippen LogP contribution in [-0.2, 0) is 28.9 Å². The maximum atomic E-state index is 12.9. The zero-order chi connectivity index (χ0) is 22.7. The highest BCUT2D eigenvalue weighted by molar-refractivity contribution is 5.94. The van der Waals surface area contributed by atoms with Crippen molar-refractivity contribution >= 4 is 11.9 Å². The first-order valence-electron chi connectivity index (χ1n) is 11.3. The molecule has 0 aliphatic carbocycles. The number of esters is 1. The Balaban J connectivity index is 1.49. The maximum absolute atomic E-state index is 12.9. The van der Waals surface area contributed by atoms with E-state index >= 15 is 0 Å². The number of nitrogens with zero attached hydrogens (tertiary/aromatic N) is 4. The molecule has 2 aromatic rings. The predicted molar refractivity (Wildman–Crippen MR) is 116 cm³/mol. The largest absolute Gasteiger partial charge is 0.462 e. The van der Waals surface area contributed by atoms with Crippen molar-refractivity contribution in [1.82, 2.24) is 25.1 Å². The van der Waals surface area contributed by atoms with E-state index in [1.54, 1.807) is 11.6 Å². The van der Waals surface area contributed by atoms with Gasteiger partial charge in [-0.25, -0.2) is 14.8 Å². The van der Waals surface area contributed by atoms with E-state index in [-0.39, 0.29) is 23.8 Å². The van der Waals surface area contributed by atoms with E-state index in [1.165, 1.54) is 12.4 Å². The number of aromatic nitrogens is 4. The third kappa shape index (κ3) is 4.67. The van der Waals surface area contributed by atoms with Crippen LogP contribution >= 0.6 is 0 Å². The molecule has 32 heavy (non-hydrogen) atoms. The summed E-state index contributed by atoms with van der Waals surface area (Å²) in [5.74, 6) is 0.165. The highest BCUT2D eigenvalue weighted by atomic mass is 16.5. The Morgan fingerprint density at radius 1 is 1.31 bits per heavy atom. The molecule has 2 aromatic heterocycles. The number of aryl methyl sites for hydroxylation is 2. The summed E-state index contributed by atoms with van der Waals surface area (Å²) in [7, 11) is 0. The molecule has 1 spiro atoms. The second-order valence-electron chi connectivity index (χ2n) is 8.99. The molecule has 2 aliphatic rings. The van der Waals surface area contributed by atoms with Crippen molar-refractivity contribution < 1.29 is 19.1 Å². The van der Waals surface area contributed by atoms with E-state index in [9.17, 15) is 9.59 Å². The molecule has 0 saturated carbocycles. The molecule has 1 unspecified atom stereocenters. The van der Waals surface area contributed by atoms with Gasteiger partial charge in [-0.05, 0) is 50.9 Å². The van der Waals surface area contributed by atoms with Gasteiger partial charge in [-0.15, -0.1) is 0 Å². The van der Waals surface area contributed by atoms with E-state index in [2.05, 4.69) is 15.3 Å². The van der Waals surface area contributed by atoms with Gasteiger partial charge in [0.2, 0.25) is 0 Å². The van der Waals surface area contributed by atoms with Crippen LogP contribution in [0.4, 0.5) is 0 Å². The number of hydrogen-bond donors (Lipinski definition) is 1. The second kappa shape index (κ2) is 9.36. The lowest BCUT2D eigenvalue weighted by molar-refractivity contribution is 0.0160. The monoisotopic (exact) mass is 441 g/mol. The van der Waals surface area contributed by atoms with E-state index in [4.69, 9.17) is 14.6 Å². The fraction of sp³-hybridized carbons (Fsp3) is 0.609. The molecule has 2 aliphatic heterocycles. The van der Waals surface area contributed by atoms with Crippen molar-refractivity contribution in [3.63, 3.8) is 0 Å². The first-order valence-corrected chi connectivity index (χ1v) is 11.3. The zero-order valence-corrected chi connectivity index (χ0v) is 19.0. The fourth-order valence-corrected chi connectivity index (χ4v) is 4.52. The molecular weight excluding hydrogens is 410 g/mol. The van der Waals surface area contributed by atoms with Crippen molar-refractivity contribution in [3.8, 4) is 0 Å². The fourth-order valence-electron chi connectivity index (χ4n) is 4.52. The van der Waals surface area contributed by atoms with Crippen LogP contribution in [-0.4, -0.2) is 58.0 Å². The highest BCUT2D eigenvalue weighted by Crippen LogP contribution is 2.38. The molecule has 0 aromatic carbocycles. The van der Waals surface area contributed by atoms with E-state index in [0.29, 0.717) is 36.6 Å². The van der Waals surface area contributed by atoms with Crippen LogP contribution in [0.2, 0.25) is 0 Å². The second-order valence-corrected chi connectivity index (χ2v) is 8.99. The van der Waals surface area contributed by atoms with Crippen LogP contribution in [0, 0.1) is 18.3 Å². The molecule has 4 rings (SSSR count). The Morgan fingerprint density at radius 2 is 2.03 bits per heavy atom. The van der Waals surface area contributed by atoms with Gasteiger partial charge >= 0.3 is 5.97 Å². The minimum Gasteiger partial charge on any atom is -0.462 e. The summed E-state index contributed by atoms with van der Waals surface area (Å²) in [5, 5.41) is 7.91. The number of nitrogens with one attached hydrogen (secondary N) is 1. The molecule has 4 heterocycles. The van der Waals surface area contributed by atoms with Gasteiger partial charge in [-0.2, -0.15) is 5.10 Å². The Hall–Kier alpha value is -2.81. The maximum Gasteiger partial charge on any atom is 0.341 e. The number of rotatable bonds is 6. The quantitative estimate of drug-likeness (QED) is 0.684. The van der Waals surface area contributed by atoms with Gasteiger partial charge < -0.3 is 14.8 Å². The number of amides is 1. The summed E-state index contributed by atoms with van der Waals surface area (Å²) in [6.45, 7) is 8.77. The molecular formula is C23H31N5O4. The standard InChI is InChI=1S/C23H31N5O4/c1-4-28-20-18(10-23(14-26-21(20)29)5-7-31-8-6-23)19(27-28)9-15(2)13-32-22(30)17-11-24-16(3)25-12-17/h11-12,15H,4-10,13-14H2,1-3H3,(H,26,29). The van der Waals surface area contributed by atoms with E-state index in [0.717, 1.165) is 43.7 Å². The average Bonchev–Trinajstić information content (AvgIpc) is 3.06. The van der Waals surface area contributed by atoms with E-state index in [1.807, 2.05) is 13.8 Å². The van der Waals surface area contributed by atoms with Gasteiger partial charge in [0.15, 0.2) is 0 Å². The molecule has 1 atom stereocenters. The van der Waals surface area contributed by atoms with Crippen molar-refractivity contribution in [3.05, 3.63) is 40.7 Å². The summed E-state index contributed by atoms with van der Waals surface area (Å²) < 4.78 is 12.9. The number of carbonyl (C=O) groups is 2. The van der Waals surface area contributed by atoms with Gasteiger partial charge in [0.1, 0.15) is 11.5 Å². The number of hydrogen-bond acceptors (Lipinski definition) is 7. The topological polar surface area (TPSA) is 108 Å². The lowest BCUT2D eigenvalue weighted by atomic mass is 9.75. The number of ether oxygens (including phenoxy) is 2. The van der Waals surface area contributed by atoms with Crippen LogP contribution < -0.4 is 5.32 Å². The summed E-state index contributed by atoms with van der Waals surface area (Å²) in [6.07, 6.45) is 6.25. The van der Waals surface area contributed by atoms with Crippen molar-refractivity contribution in [2.75, 3.05) is 26.4 Å². The van der Waals surface area contributed by atoms with Gasteiger partial charge in [-0.1, -0.05) is 6.92 Å². The van der Waals surface area contributed by atoms with Crippen molar-refractivity contribution in [2.45, 2.75) is 53.0 Å². The van der Waals surface area contributed by atoms with E-state index < -0.39 is 5.97 Å². The van der Waals surface area contributed by atoms with Gasteiger partial charge in [-0.3, -0.25) is 9.48 Å². The minimum absolute atomic E-state index is 0.0106. The third-order valence-corrected chi connectivity index (χ3v) is 6.43. The Morgan fingerprint density at radius 3 is 2.72 bits per heavy atom. The summed E-state index contributed by atoms with van der Waals surface area (Å²) in [5.41, 5.74) is 2.98. The van der Waals surface area contributed by atoms with Crippen LogP contribution in [0.1, 0.15) is 64.6 Å². The van der Waals surface area contributed by atoms with Crippen molar-refractivity contribution in [2.24, 2.45) is 11.3 Å². The molecule has 9 heteroatoms. The van der Waals surface area contributed by atoms with Gasteiger partial charge in [0.05, 0.1) is 17.9 Å². The molecule has 9 nitrogen and oxygen atoms in total. The summed E-state index contributed by atoms with van der Waals surface area (Å²) in [6, 6.07) is 0. The average molecular weight is 442 g/mol. The van der Waals surface area contributed by atoms with Crippen LogP contribution in [0.5, 0.6) is 0 Å². The van der Waals surface area contributed by atoms with Gasteiger partial charge in [0, 0.05) is 44.3 Å². The Kier molecular flexibility index (Phi) is 6.55. The zero-order valence-electron chi connectivity index (χ0n) is 19.0. The SMILES string of the molecule is CCn1nc(CC(C)COC(=O)c2cnc(C)nc2)c2c1C(=O)NCC1(CCOCC1)C2. The molecule has 0 bridgehead atoms. The summed E-state index contributed by atoms with van der Waals surface area (Å²) >= 11 is 0. The number of carbonyl (C=O) groups excluding carboxylic acids is 2. The third-order valence-electron chi connectivity index (χ3n) is 6.43. The molecule has 1 amide bonds. The predicted octanol–water partition coefficient (Wildman–Crippen LogP) is 2.12. The summed E-state index contributed by atoms with van der Waals surface area (Å²) in [4.78, 5) is 33.3. The Bertz CT molecular complexity index is 979. The van der Waals surface area contributed by atoms with Gasteiger partial charge in [0.25, 0.3) is 5.91 Å². The lowest BCUT2D eigenvalue weighted by Gasteiger charge is -2.36. The molecule has 1 fully saturated rings. The molecule has 172 valence electrons. The molecule has 0 radical (unpaired) electrons. The minimum atomic E-state index is -0.435. The van der Waals surface area contributed by atoms with Crippen LogP contribution in [0.15, 0.2) is 12.4 Å². The normalized spacial score (nSPS) is 18.5. The molecule has 1 saturated heterocycles.